The first-order chi connectivity index (χ1) is 14.0. The van der Waals surface area contributed by atoms with Crippen molar-refractivity contribution < 1.29 is 4.92 Å². The van der Waals surface area contributed by atoms with Gasteiger partial charge in [0, 0.05) is 17.3 Å². The minimum Gasteiger partial charge on any atom is -0.369 e. The molecule has 0 fully saturated rings. The van der Waals surface area contributed by atoms with E-state index in [1.165, 1.54) is 17.7 Å². The molecule has 144 valence electrons. The number of aromatic nitrogens is 2. The molecule has 4 aromatic rings. The van der Waals surface area contributed by atoms with Crippen molar-refractivity contribution in [1.82, 2.24) is 9.97 Å². The number of hydrogen-bond donors (Lipinski definition) is 2. The van der Waals surface area contributed by atoms with E-state index >= 15 is 0 Å². The molecule has 2 aromatic heterocycles. The van der Waals surface area contributed by atoms with Gasteiger partial charge < -0.3 is 11.1 Å². The van der Waals surface area contributed by atoms with Crippen LogP contribution in [0.4, 0.5) is 17.2 Å². The largest absolute Gasteiger partial charge is 0.369 e. The highest BCUT2D eigenvalue weighted by atomic mass is 32.1. The average Bonchev–Trinajstić information content (AvgIpc) is 3.12. The molecule has 0 aliphatic heterocycles. The minimum atomic E-state index is -0.518. The van der Waals surface area contributed by atoms with Gasteiger partial charge in [0.25, 0.3) is 5.69 Å². The number of fused-ring (bicyclic) bond motifs is 1. The van der Waals surface area contributed by atoms with E-state index in [4.69, 9.17) is 5.73 Å². The molecule has 0 unspecified atom stereocenters. The third kappa shape index (κ3) is 4.19. The highest BCUT2D eigenvalue weighted by molar-refractivity contribution is 7.21. The molecule has 2 aromatic carbocycles. The van der Waals surface area contributed by atoms with Crippen molar-refractivity contribution in [3.8, 4) is 10.6 Å². The fraction of sp³-hybridized carbons (Fsp3) is 0.0500. The molecule has 0 saturated carbocycles. The summed E-state index contributed by atoms with van der Waals surface area (Å²) in [5.74, 6) is 0.413. The van der Waals surface area contributed by atoms with Gasteiger partial charge in [-0.25, -0.2) is 9.97 Å². The number of pyridine rings is 1. The number of benzene rings is 2. The molecule has 8 nitrogen and oxygen atoms in total. The molecule has 0 saturated heterocycles. The van der Waals surface area contributed by atoms with E-state index in [0.29, 0.717) is 0 Å². The minimum absolute atomic E-state index is 0.101. The first kappa shape index (κ1) is 18.5. The van der Waals surface area contributed by atoms with Crippen LogP contribution in [0.15, 0.2) is 65.8 Å². The summed E-state index contributed by atoms with van der Waals surface area (Å²) < 4.78 is 1.16. The number of thiazole rings is 1. The molecule has 2 heterocycles. The third-order valence-corrected chi connectivity index (χ3v) is 5.19. The fourth-order valence-electron chi connectivity index (χ4n) is 2.70. The predicted molar refractivity (Wildman–Crippen MR) is 116 cm³/mol. The Bertz CT molecular complexity index is 1220. The summed E-state index contributed by atoms with van der Waals surface area (Å²) >= 11 is 1.65. The van der Waals surface area contributed by atoms with Gasteiger partial charge in [-0.05, 0) is 55.0 Å². The molecule has 29 heavy (non-hydrogen) atoms. The highest BCUT2D eigenvalue weighted by Crippen LogP contribution is 2.31. The molecule has 4 rings (SSSR count). The van der Waals surface area contributed by atoms with E-state index in [0.717, 1.165) is 32.7 Å². The zero-order chi connectivity index (χ0) is 20.4. The quantitative estimate of drug-likeness (QED) is 0.221. The van der Waals surface area contributed by atoms with Gasteiger partial charge in [0.1, 0.15) is 11.2 Å². The molecule has 0 aliphatic carbocycles. The second-order valence-electron chi connectivity index (χ2n) is 6.32. The van der Waals surface area contributed by atoms with E-state index in [2.05, 4.69) is 39.3 Å². The molecule has 0 amide bonds. The number of nitrogens with one attached hydrogen (secondary N) is 1. The maximum atomic E-state index is 10.7. The van der Waals surface area contributed by atoms with Gasteiger partial charge in [-0.2, -0.15) is 4.99 Å². The second-order valence-corrected chi connectivity index (χ2v) is 7.35. The Kier molecular flexibility index (Phi) is 4.88. The Morgan fingerprint density at radius 1 is 1.17 bits per heavy atom. The Morgan fingerprint density at radius 2 is 1.97 bits per heavy atom. The van der Waals surface area contributed by atoms with Crippen LogP contribution in [-0.4, -0.2) is 20.9 Å². The van der Waals surface area contributed by atoms with Crippen molar-refractivity contribution in [3.05, 3.63) is 76.5 Å². The zero-order valence-electron chi connectivity index (χ0n) is 15.4. The standard InChI is InChI=1S/C20H16N6O2S/c1-12-2-8-16-17(10-12)29-19(24-16)13-3-5-14(6-4-13)23-20(21)25-18-9-7-15(11-22-18)26(27)28/h2-11H,1H3,(H3,21,22,23,25). The number of anilines is 1. The zero-order valence-corrected chi connectivity index (χ0v) is 16.2. The molecule has 0 bridgehead atoms. The molecule has 9 heteroatoms. The smallest absolute Gasteiger partial charge is 0.287 e. The highest BCUT2D eigenvalue weighted by Gasteiger charge is 2.08. The van der Waals surface area contributed by atoms with E-state index in [9.17, 15) is 10.1 Å². The first-order valence-corrected chi connectivity index (χ1v) is 9.49. The normalized spacial score (nSPS) is 11.6. The number of aliphatic imine (C=N–C) groups is 1. The van der Waals surface area contributed by atoms with Crippen LogP contribution in [-0.2, 0) is 0 Å². The number of nitrogens with zero attached hydrogens (tertiary/aromatic N) is 4. The predicted octanol–water partition coefficient (Wildman–Crippen LogP) is 4.63. The van der Waals surface area contributed by atoms with Gasteiger partial charge in [0.15, 0.2) is 11.8 Å². The van der Waals surface area contributed by atoms with E-state index < -0.39 is 4.92 Å². The van der Waals surface area contributed by atoms with Crippen LogP contribution in [0.1, 0.15) is 5.56 Å². The second kappa shape index (κ2) is 7.64. The van der Waals surface area contributed by atoms with Gasteiger partial charge in [-0.1, -0.05) is 6.07 Å². The monoisotopic (exact) mass is 404 g/mol. The fourth-order valence-corrected chi connectivity index (χ4v) is 3.77. The van der Waals surface area contributed by atoms with Crippen LogP contribution in [0.3, 0.4) is 0 Å². The lowest BCUT2D eigenvalue weighted by Gasteiger charge is -2.06. The topological polar surface area (TPSA) is 119 Å². The van der Waals surface area contributed by atoms with Crippen molar-refractivity contribution in [2.75, 3.05) is 5.32 Å². The van der Waals surface area contributed by atoms with Gasteiger partial charge in [-0.15, -0.1) is 11.3 Å². The molecule has 0 radical (unpaired) electrons. The summed E-state index contributed by atoms with van der Waals surface area (Å²) in [5, 5.41) is 14.6. The van der Waals surface area contributed by atoms with E-state index in [1.54, 1.807) is 11.3 Å². The van der Waals surface area contributed by atoms with Crippen molar-refractivity contribution >= 4 is 44.7 Å². The van der Waals surface area contributed by atoms with E-state index in [1.807, 2.05) is 30.3 Å². The first-order valence-electron chi connectivity index (χ1n) is 8.67. The molecule has 0 spiro atoms. The van der Waals surface area contributed by atoms with Crippen LogP contribution in [0, 0.1) is 17.0 Å². The van der Waals surface area contributed by atoms with Gasteiger partial charge in [0.05, 0.1) is 15.1 Å². The van der Waals surface area contributed by atoms with E-state index in [-0.39, 0.29) is 17.5 Å². The van der Waals surface area contributed by atoms with Crippen LogP contribution in [0.2, 0.25) is 0 Å². The lowest BCUT2D eigenvalue weighted by Crippen LogP contribution is -2.21. The summed E-state index contributed by atoms with van der Waals surface area (Å²) in [6, 6.07) is 16.7. The van der Waals surface area contributed by atoms with Gasteiger partial charge in [0.2, 0.25) is 0 Å². The lowest BCUT2D eigenvalue weighted by atomic mass is 10.2. The Labute approximate surface area is 169 Å². The van der Waals surface area contributed by atoms with Crippen LogP contribution in [0.25, 0.3) is 20.8 Å². The van der Waals surface area contributed by atoms with Gasteiger partial charge in [-0.3, -0.25) is 10.1 Å². The molecule has 0 aliphatic rings. The van der Waals surface area contributed by atoms with Crippen molar-refractivity contribution in [2.45, 2.75) is 6.92 Å². The van der Waals surface area contributed by atoms with Crippen molar-refractivity contribution in [1.29, 1.82) is 0 Å². The molecular formula is C20H16N6O2S. The summed E-state index contributed by atoms with van der Waals surface area (Å²) in [5.41, 5.74) is 9.78. The molecular weight excluding hydrogens is 388 g/mol. The Balaban J connectivity index is 1.49. The summed E-state index contributed by atoms with van der Waals surface area (Å²) in [4.78, 5) is 22.8. The van der Waals surface area contributed by atoms with Crippen LogP contribution >= 0.6 is 11.3 Å². The summed E-state index contributed by atoms with van der Waals surface area (Å²) in [7, 11) is 0. The number of nitrogens with two attached hydrogens (primary N) is 1. The lowest BCUT2D eigenvalue weighted by molar-refractivity contribution is -0.385. The SMILES string of the molecule is Cc1ccc2nc(-c3ccc(NC(N)=Nc4ccc([N+](=O)[O-])cn4)cc3)sc2c1. The number of rotatable bonds is 4. The van der Waals surface area contributed by atoms with Crippen molar-refractivity contribution in [3.63, 3.8) is 0 Å². The van der Waals surface area contributed by atoms with Crippen LogP contribution in [0.5, 0.6) is 0 Å². The Morgan fingerprint density at radius 3 is 2.66 bits per heavy atom. The number of aryl methyl sites for hydroxylation is 1. The van der Waals surface area contributed by atoms with Crippen LogP contribution < -0.4 is 11.1 Å². The third-order valence-electron chi connectivity index (χ3n) is 4.13. The Hall–Kier alpha value is -3.85. The number of guanidine groups is 1. The summed E-state index contributed by atoms with van der Waals surface area (Å²) in [6.07, 6.45) is 1.14. The average molecular weight is 404 g/mol. The number of nitro groups is 1. The maximum absolute atomic E-state index is 10.7. The maximum Gasteiger partial charge on any atom is 0.287 e. The number of hydrogen-bond acceptors (Lipinski definition) is 6. The van der Waals surface area contributed by atoms with Crippen molar-refractivity contribution in [2.24, 2.45) is 10.7 Å². The molecule has 3 N–H and O–H groups in total. The van der Waals surface area contributed by atoms with Gasteiger partial charge >= 0.3 is 0 Å². The molecule has 0 atom stereocenters. The summed E-state index contributed by atoms with van der Waals surface area (Å²) in [6.45, 7) is 2.07.